The molecule has 0 saturated heterocycles. The minimum absolute atomic E-state index is 0.0428. The highest BCUT2D eigenvalue weighted by Gasteiger charge is 2.17. The lowest BCUT2D eigenvalue weighted by atomic mass is 10.1. The zero-order valence-corrected chi connectivity index (χ0v) is 25.3. The summed E-state index contributed by atoms with van der Waals surface area (Å²) in [7, 11) is 0. The van der Waals surface area contributed by atoms with Crippen LogP contribution in [0.2, 0.25) is 10.0 Å². The molecule has 0 aromatic heterocycles. The van der Waals surface area contributed by atoms with Crippen molar-refractivity contribution in [1.29, 1.82) is 0 Å². The van der Waals surface area contributed by atoms with Gasteiger partial charge in [-0.1, -0.05) is 53.5 Å². The largest absolute Gasteiger partial charge is 0.325 e. The third-order valence-electron chi connectivity index (χ3n) is 5.41. The maximum Gasteiger partial charge on any atom is 0.272 e. The Bertz CT molecular complexity index is 1540. The van der Waals surface area contributed by atoms with E-state index in [4.69, 9.17) is 23.2 Å². The van der Waals surface area contributed by atoms with E-state index >= 15 is 0 Å². The molecule has 0 unspecified atom stereocenters. The van der Waals surface area contributed by atoms with Crippen molar-refractivity contribution in [3.63, 3.8) is 0 Å². The highest BCUT2D eigenvalue weighted by atomic mass is 127. The normalized spacial score (nSPS) is 11.0. The first-order chi connectivity index (χ1) is 19.3. The second-order valence-electron chi connectivity index (χ2n) is 8.34. The van der Waals surface area contributed by atoms with Crippen molar-refractivity contribution >= 4 is 92.7 Å². The molecule has 40 heavy (non-hydrogen) atoms. The minimum atomic E-state index is -0.570. The lowest BCUT2D eigenvalue weighted by molar-refractivity contribution is -0.114. The maximum atomic E-state index is 13.4. The first kappa shape index (κ1) is 29.7. The summed E-state index contributed by atoms with van der Waals surface area (Å²) >= 11 is 16.2. The van der Waals surface area contributed by atoms with Gasteiger partial charge in [0.15, 0.2) is 0 Å². The number of thioether (sulfide) groups is 1. The summed E-state index contributed by atoms with van der Waals surface area (Å²) in [5.41, 5.74) is 1.95. The molecule has 6 nitrogen and oxygen atoms in total. The molecule has 202 valence electrons. The molecule has 10 heteroatoms. The number of rotatable bonds is 9. The number of carbonyl (C=O) groups is 3. The third kappa shape index (κ3) is 8.59. The van der Waals surface area contributed by atoms with Crippen molar-refractivity contribution in [2.75, 3.05) is 16.4 Å². The van der Waals surface area contributed by atoms with Gasteiger partial charge >= 0.3 is 0 Å². The van der Waals surface area contributed by atoms with Crippen LogP contribution in [0.5, 0.6) is 0 Å². The first-order valence-corrected chi connectivity index (χ1v) is 14.7. The Balaban J connectivity index is 1.48. The van der Waals surface area contributed by atoms with E-state index in [9.17, 15) is 14.4 Å². The fourth-order valence-corrected chi connectivity index (χ4v) is 5.10. The van der Waals surface area contributed by atoms with E-state index in [1.807, 2.05) is 30.3 Å². The number of amides is 3. The standard InChI is InChI=1S/C30H22Cl2IN3O3S/c31-25-10-5-11-26(32)24(25)17-27(36-29(38)19-6-2-1-3-7-19)30(39)35-22-8-4-9-23(16-22)40-18-28(37)34-21-14-12-20(33)13-15-21/h1-17H,18H2,(H,34,37)(H,35,39)(H,36,38)/b27-17+. The summed E-state index contributed by atoms with van der Waals surface area (Å²) in [5.74, 6) is -0.995. The SMILES string of the molecule is O=C(CSc1cccc(NC(=O)/C(=C\c2c(Cl)cccc2Cl)NC(=O)c2ccccc2)c1)Nc1ccc(I)cc1. The average Bonchev–Trinajstić information content (AvgIpc) is 2.95. The van der Waals surface area contributed by atoms with Gasteiger partial charge in [-0.3, -0.25) is 14.4 Å². The minimum Gasteiger partial charge on any atom is -0.325 e. The predicted octanol–water partition coefficient (Wildman–Crippen LogP) is 7.74. The Kier molecular flexibility index (Phi) is 10.7. The van der Waals surface area contributed by atoms with Gasteiger partial charge < -0.3 is 16.0 Å². The van der Waals surface area contributed by atoms with Crippen LogP contribution in [0.3, 0.4) is 0 Å². The molecule has 0 aliphatic heterocycles. The van der Waals surface area contributed by atoms with Crippen molar-refractivity contribution in [3.8, 4) is 0 Å². The Morgan fingerprint density at radius 1 is 0.775 bits per heavy atom. The van der Waals surface area contributed by atoms with Crippen molar-refractivity contribution in [3.05, 3.63) is 128 Å². The highest BCUT2D eigenvalue weighted by molar-refractivity contribution is 14.1. The van der Waals surface area contributed by atoms with E-state index in [0.29, 0.717) is 26.9 Å². The molecule has 4 aromatic rings. The highest BCUT2D eigenvalue weighted by Crippen LogP contribution is 2.27. The summed E-state index contributed by atoms with van der Waals surface area (Å²) < 4.78 is 1.08. The van der Waals surface area contributed by atoms with Gasteiger partial charge in [0.2, 0.25) is 5.91 Å². The summed E-state index contributed by atoms with van der Waals surface area (Å²) in [6, 6.07) is 28.1. The van der Waals surface area contributed by atoms with Crippen LogP contribution in [0.4, 0.5) is 11.4 Å². The lowest BCUT2D eigenvalue weighted by Gasteiger charge is -2.13. The first-order valence-electron chi connectivity index (χ1n) is 11.9. The van der Waals surface area contributed by atoms with Gasteiger partial charge in [-0.2, -0.15) is 0 Å². The summed E-state index contributed by atoms with van der Waals surface area (Å²) in [4.78, 5) is 39.4. The molecule has 3 amide bonds. The number of anilines is 2. The van der Waals surface area contributed by atoms with E-state index in [2.05, 4.69) is 38.5 Å². The molecule has 4 rings (SSSR count). The molecule has 0 aliphatic rings. The summed E-state index contributed by atoms with van der Waals surface area (Å²) in [6.07, 6.45) is 1.44. The smallest absolute Gasteiger partial charge is 0.272 e. The number of hydrogen-bond acceptors (Lipinski definition) is 4. The van der Waals surface area contributed by atoms with Crippen LogP contribution >= 0.6 is 57.6 Å². The van der Waals surface area contributed by atoms with Gasteiger partial charge in [0, 0.05) is 41.0 Å². The van der Waals surface area contributed by atoms with E-state index in [1.54, 1.807) is 66.7 Å². The molecule has 0 fully saturated rings. The van der Waals surface area contributed by atoms with Gasteiger partial charge in [0.1, 0.15) is 5.70 Å². The zero-order chi connectivity index (χ0) is 28.5. The fraction of sp³-hybridized carbons (Fsp3) is 0.0333. The molecular formula is C30H22Cl2IN3O3S. The molecule has 4 aromatic carbocycles. The number of carbonyl (C=O) groups excluding carboxylic acids is 3. The molecule has 0 aliphatic carbocycles. The quantitative estimate of drug-likeness (QED) is 0.0947. The molecule has 0 atom stereocenters. The number of benzene rings is 4. The van der Waals surface area contributed by atoms with Crippen LogP contribution in [0, 0.1) is 3.57 Å². The summed E-state index contributed by atoms with van der Waals surface area (Å²) in [6.45, 7) is 0. The predicted molar refractivity (Wildman–Crippen MR) is 172 cm³/mol. The van der Waals surface area contributed by atoms with Gasteiger partial charge in [0.05, 0.1) is 5.75 Å². The van der Waals surface area contributed by atoms with Crippen molar-refractivity contribution in [2.45, 2.75) is 4.90 Å². The second-order valence-corrected chi connectivity index (χ2v) is 11.4. The van der Waals surface area contributed by atoms with Gasteiger partial charge in [-0.15, -0.1) is 11.8 Å². The van der Waals surface area contributed by atoms with Gasteiger partial charge in [-0.25, -0.2) is 0 Å². The Labute approximate surface area is 259 Å². The van der Waals surface area contributed by atoms with Crippen LogP contribution in [-0.4, -0.2) is 23.5 Å². The van der Waals surface area contributed by atoms with Crippen LogP contribution < -0.4 is 16.0 Å². The molecular weight excluding hydrogens is 680 g/mol. The number of hydrogen-bond donors (Lipinski definition) is 3. The van der Waals surface area contributed by atoms with Gasteiger partial charge in [0.25, 0.3) is 11.8 Å². The monoisotopic (exact) mass is 701 g/mol. The number of nitrogens with one attached hydrogen (secondary N) is 3. The van der Waals surface area contributed by atoms with Crippen molar-refractivity contribution in [2.24, 2.45) is 0 Å². The summed E-state index contributed by atoms with van der Waals surface area (Å²) in [5, 5.41) is 9.00. The van der Waals surface area contributed by atoms with E-state index in [0.717, 1.165) is 14.2 Å². The van der Waals surface area contributed by atoms with Crippen molar-refractivity contribution < 1.29 is 14.4 Å². The van der Waals surface area contributed by atoms with Crippen LogP contribution in [0.1, 0.15) is 15.9 Å². The van der Waals surface area contributed by atoms with E-state index in [1.165, 1.54) is 17.8 Å². The number of halogens is 3. The maximum absolute atomic E-state index is 13.4. The lowest BCUT2D eigenvalue weighted by Crippen LogP contribution is -2.30. The van der Waals surface area contributed by atoms with Crippen molar-refractivity contribution in [1.82, 2.24) is 5.32 Å². The fourth-order valence-electron chi connectivity index (χ4n) is 3.48. The topological polar surface area (TPSA) is 87.3 Å². The molecule has 3 N–H and O–H groups in total. The Morgan fingerprint density at radius 2 is 1.45 bits per heavy atom. The second kappa shape index (κ2) is 14.4. The van der Waals surface area contributed by atoms with Gasteiger partial charge in [-0.05, 0) is 95.4 Å². The van der Waals surface area contributed by atoms with Crippen LogP contribution in [0.25, 0.3) is 6.08 Å². The van der Waals surface area contributed by atoms with E-state index < -0.39 is 11.8 Å². The Hall–Kier alpha value is -3.31. The third-order valence-corrected chi connectivity index (χ3v) is 7.78. The average molecular weight is 702 g/mol. The van der Waals surface area contributed by atoms with E-state index in [-0.39, 0.29) is 17.4 Å². The Morgan fingerprint density at radius 3 is 2.15 bits per heavy atom. The molecule has 0 radical (unpaired) electrons. The molecule has 0 bridgehead atoms. The molecule has 0 spiro atoms. The zero-order valence-electron chi connectivity index (χ0n) is 20.8. The van der Waals surface area contributed by atoms with Crippen LogP contribution in [-0.2, 0) is 9.59 Å². The van der Waals surface area contributed by atoms with Crippen LogP contribution in [0.15, 0.2) is 108 Å². The molecule has 0 saturated carbocycles. The molecule has 0 heterocycles.